The number of nitrogens with one attached hydrogen (secondary N) is 2. The van der Waals surface area contributed by atoms with E-state index in [1.165, 1.54) is 0 Å². The molecule has 0 aliphatic rings. The number of nitrogens with zero attached hydrogens (tertiary/aromatic N) is 2. The number of hydrogen-bond donors (Lipinski definition) is 3. The molecule has 0 fully saturated rings. The van der Waals surface area contributed by atoms with Crippen molar-refractivity contribution in [2.75, 3.05) is 5.32 Å². The van der Waals surface area contributed by atoms with Crippen LogP contribution in [0.2, 0.25) is 0 Å². The Morgan fingerprint density at radius 3 is 2.43 bits per heavy atom. The molecule has 3 aromatic rings. The van der Waals surface area contributed by atoms with Crippen LogP contribution in [0.5, 0.6) is 5.88 Å². The molecular formula is C22H22N4O4. The number of urea groups is 1. The van der Waals surface area contributed by atoms with E-state index in [1.54, 1.807) is 31.2 Å². The Morgan fingerprint density at radius 1 is 1.03 bits per heavy atom. The maximum Gasteiger partial charge on any atom is 0.345 e. The van der Waals surface area contributed by atoms with Crippen LogP contribution in [0.1, 0.15) is 27.8 Å². The number of aryl methyl sites for hydroxylation is 4. The molecule has 2 amide bonds. The number of aliphatic imine (C=N–C) groups is 1. The van der Waals surface area contributed by atoms with Crippen LogP contribution >= 0.6 is 0 Å². The molecule has 0 aliphatic carbocycles. The Hall–Kier alpha value is -3.94. The first kappa shape index (κ1) is 20.8. The number of amides is 2. The average Bonchev–Trinajstić information content (AvgIpc) is 2.67. The van der Waals surface area contributed by atoms with Crippen LogP contribution in [0.3, 0.4) is 0 Å². The predicted octanol–water partition coefficient (Wildman–Crippen LogP) is 3.12. The van der Waals surface area contributed by atoms with Gasteiger partial charge in [-0.2, -0.15) is 0 Å². The van der Waals surface area contributed by atoms with Gasteiger partial charge in [-0.1, -0.05) is 18.2 Å². The second-order valence-corrected chi connectivity index (χ2v) is 7.11. The second kappa shape index (κ2) is 8.20. The summed E-state index contributed by atoms with van der Waals surface area (Å²) in [4.78, 5) is 42.5. The van der Waals surface area contributed by atoms with Crippen LogP contribution in [0.15, 0.2) is 51.0 Å². The van der Waals surface area contributed by atoms with Gasteiger partial charge in [0, 0.05) is 5.69 Å². The van der Waals surface area contributed by atoms with E-state index >= 15 is 0 Å². The molecule has 0 spiro atoms. The highest BCUT2D eigenvalue weighted by Crippen LogP contribution is 2.20. The standard InChI is InChI=1S/C22H22N4O4/c1-12-5-6-14(3)18(9-12)26-20(28)17(19(27)25-22(26)30)11-23-21(29)24-16-8-7-13(2)15(4)10-16/h5-11,28H,1-4H3,(H,24,29)(H,25,27,30). The molecule has 3 rings (SSSR count). The van der Waals surface area contributed by atoms with Crippen LogP contribution in [-0.2, 0) is 0 Å². The summed E-state index contributed by atoms with van der Waals surface area (Å²) < 4.78 is 0.978. The zero-order valence-electron chi connectivity index (χ0n) is 17.1. The Bertz CT molecular complexity index is 1290. The van der Waals surface area contributed by atoms with Gasteiger partial charge in [0.2, 0.25) is 5.88 Å². The number of aromatic hydroxyl groups is 1. The Morgan fingerprint density at radius 2 is 1.73 bits per heavy atom. The molecule has 0 saturated heterocycles. The van der Waals surface area contributed by atoms with Gasteiger partial charge < -0.3 is 10.4 Å². The molecule has 0 aliphatic heterocycles. The maximum absolute atomic E-state index is 12.3. The van der Waals surface area contributed by atoms with Crippen molar-refractivity contribution in [3.05, 3.63) is 85.1 Å². The fourth-order valence-corrected chi connectivity index (χ4v) is 2.94. The van der Waals surface area contributed by atoms with Crippen molar-refractivity contribution < 1.29 is 9.90 Å². The van der Waals surface area contributed by atoms with Crippen LogP contribution in [0, 0.1) is 27.7 Å². The summed E-state index contributed by atoms with van der Waals surface area (Å²) in [5, 5.41) is 13.2. The van der Waals surface area contributed by atoms with Gasteiger partial charge in [-0.3, -0.25) is 9.78 Å². The lowest BCUT2D eigenvalue weighted by Gasteiger charge is -2.12. The zero-order valence-corrected chi connectivity index (χ0v) is 17.1. The number of benzene rings is 2. The Kier molecular flexibility index (Phi) is 5.68. The first-order valence-corrected chi connectivity index (χ1v) is 9.25. The minimum atomic E-state index is -0.846. The summed E-state index contributed by atoms with van der Waals surface area (Å²) in [5.74, 6) is -0.597. The molecule has 3 N–H and O–H groups in total. The van der Waals surface area contributed by atoms with Crippen LogP contribution in [-0.4, -0.2) is 26.9 Å². The van der Waals surface area contributed by atoms with E-state index in [9.17, 15) is 19.5 Å². The van der Waals surface area contributed by atoms with Crippen molar-refractivity contribution in [3.63, 3.8) is 0 Å². The second-order valence-electron chi connectivity index (χ2n) is 7.11. The third kappa shape index (κ3) is 4.22. The van der Waals surface area contributed by atoms with Crippen LogP contribution in [0.4, 0.5) is 10.5 Å². The quantitative estimate of drug-likeness (QED) is 0.579. The molecule has 0 atom stereocenters. The predicted molar refractivity (Wildman–Crippen MR) is 116 cm³/mol. The SMILES string of the molecule is Cc1ccc(C)c(-n2c(O)c(C=NC(=O)Nc3ccc(C)c(C)c3)c(=O)[nH]c2=O)c1. The van der Waals surface area contributed by atoms with E-state index in [1.807, 2.05) is 32.9 Å². The van der Waals surface area contributed by atoms with E-state index in [4.69, 9.17) is 0 Å². The molecule has 154 valence electrons. The number of anilines is 1. The largest absolute Gasteiger partial charge is 0.493 e. The topological polar surface area (TPSA) is 117 Å². The lowest BCUT2D eigenvalue weighted by Crippen LogP contribution is -2.31. The van der Waals surface area contributed by atoms with Gasteiger partial charge in [0.05, 0.1) is 11.9 Å². The highest BCUT2D eigenvalue weighted by molar-refractivity contribution is 5.98. The number of H-pyrrole nitrogens is 1. The number of carbonyl (C=O) groups excluding carboxylic acids is 1. The summed E-state index contributed by atoms with van der Waals surface area (Å²) in [6, 6.07) is 10.1. The maximum atomic E-state index is 12.3. The number of carbonyl (C=O) groups is 1. The van der Waals surface area contributed by atoms with E-state index in [-0.39, 0.29) is 5.56 Å². The molecule has 8 heteroatoms. The van der Waals surface area contributed by atoms with Crippen molar-refractivity contribution in [3.8, 4) is 11.6 Å². The summed E-state index contributed by atoms with van der Waals surface area (Å²) in [7, 11) is 0. The molecule has 0 bridgehead atoms. The molecule has 1 heterocycles. The van der Waals surface area contributed by atoms with E-state index in [0.717, 1.165) is 33.0 Å². The number of hydrogen-bond acceptors (Lipinski definition) is 4. The molecule has 8 nitrogen and oxygen atoms in total. The number of aromatic nitrogens is 2. The molecule has 0 radical (unpaired) electrons. The lowest BCUT2D eigenvalue weighted by molar-refractivity contribution is 0.259. The van der Waals surface area contributed by atoms with Crippen LogP contribution in [0.25, 0.3) is 5.69 Å². The minimum Gasteiger partial charge on any atom is -0.493 e. The van der Waals surface area contributed by atoms with Crippen molar-refractivity contribution in [1.82, 2.24) is 9.55 Å². The number of rotatable bonds is 3. The van der Waals surface area contributed by atoms with Crippen molar-refractivity contribution in [1.29, 1.82) is 0 Å². The van der Waals surface area contributed by atoms with Gasteiger partial charge in [0.25, 0.3) is 5.56 Å². The molecule has 0 saturated carbocycles. The van der Waals surface area contributed by atoms with E-state index in [2.05, 4.69) is 15.3 Å². The van der Waals surface area contributed by atoms with Crippen molar-refractivity contribution >= 4 is 17.9 Å². The van der Waals surface area contributed by atoms with E-state index < -0.39 is 23.2 Å². The first-order valence-electron chi connectivity index (χ1n) is 9.25. The van der Waals surface area contributed by atoms with Crippen LogP contribution < -0.4 is 16.6 Å². The zero-order chi connectivity index (χ0) is 22.0. The summed E-state index contributed by atoms with van der Waals surface area (Å²) in [6.07, 6.45) is 0.936. The summed E-state index contributed by atoms with van der Waals surface area (Å²) >= 11 is 0. The molecular weight excluding hydrogens is 384 g/mol. The highest BCUT2D eigenvalue weighted by atomic mass is 16.3. The first-order chi connectivity index (χ1) is 14.2. The number of aromatic amines is 1. The third-order valence-corrected chi connectivity index (χ3v) is 4.80. The third-order valence-electron chi connectivity index (χ3n) is 4.80. The Labute approximate surface area is 172 Å². The van der Waals surface area contributed by atoms with Gasteiger partial charge in [0.15, 0.2) is 0 Å². The molecule has 2 aromatic carbocycles. The van der Waals surface area contributed by atoms with Gasteiger partial charge in [-0.25, -0.2) is 19.1 Å². The van der Waals surface area contributed by atoms with Gasteiger partial charge in [0.1, 0.15) is 5.56 Å². The summed E-state index contributed by atoms with van der Waals surface area (Å²) in [6.45, 7) is 7.49. The lowest BCUT2D eigenvalue weighted by atomic mass is 10.1. The van der Waals surface area contributed by atoms with Crippen molar-refractivity contribution in [2.24, 2.45) is 4.99 Å². The minimum absolute atomic E-state index is 0.300. The molecule has 1 aromatic heterocycles. The Balaban J connectivity index is 1.97. The van der Waals surface area contributed by atoms with Gasteiger partial charge in [-0.05, 0) is 68.1 Å². The summed E-state index contributed by atoms with van der Waals surface area (Å²) in [5.41, 5.74) is 2.72. The van der Waals surface area contributed by atoms with E-state index in [0.29, 0.717) is 11.4 Å². The molecule has 30 heavy (non-hydrogen) atoms. The van der Waals surface area contributed by atoms with Gasteiger partial charge >= 0.3 is 11.7 Å². The van der Waals surface area contributed by atoms with Gasteiger partial charge in [-0.15, -0.1) is 0 Å². The molecule has 0 unspecified atom stereocenters. The fourth-order valence-electron chi connectivity index (χ4n) is 2.94. The average molecular weight is 406 g/mol. The fraction of sp³-hybridized carbons (Fsp3) is 0.182. The monoisotopic (exact) mass is 406 g/mol. The highest BCUT2D eigenvalue weighted by Gasteiger charge is 2.16. The normalized spacial score (nSPS) is 11.1. The van der Waals surface area contributed by atoms with Crippen molar-refractivity contribution in [2.45, 2.75) is 27.7 Å². The smallest absolute Gasteiger partial charge is 0.345 e.